The first-order valence-electron chi connectivity index (χ1n) is 8.51. The molecule has 1 heterocycles. The number of hydrogen-bond acceptors (Lipinski definition) is 5. The first-order valence-corrected chi connectivity index (χ1v) is 9.68. The van der Waals surface area contributed by atoms with Gasteiger partial charge in [0, 0.05) is 10.2 Å². The number of esters is 1. The molecule has 0 saturated carbocycles. The summed E-state index contributed by atoms with van der Waals surface area (Å²) in [4.78, 5) is 38.8. The van der Waals surface area contributed by atoms with Crippen molar-refractivity contribution in [3.8, 4) is 0 Å². The van der Waals surface area contributed by atoms with Crippen LogP contribution in [0.15, 0.2) is 63.7 Å². The SMILES string of the molecule is CCCOC(=O)c1ccccc1N1C(=O)C(Cl)=C(Nc2ccc(Br)cc2)C1=O. The van der Waals surface area contributed by atoms with Crippen molar-refractivity contribution in [1.82, 2.24) is 0 Å². The maximum atomic E-state index is 12.9. The van der Waals surface area contributed by atoms with Crippen LogP contribution < -0.4 is 10.2 Å². The maximum Gasteiger partial charge on any atom is 0.340 e. The van der Waals surface area contributed by atoms with Crippen LogP contribution in [-0.2, 0) is 14.3 Å². The Kier molecular flexibility index (Phi) is 6.16. The lowest BCUT2D eigenvalue weighted by atomic mass is 10.1. The molecule has 28 heavy (non-hydrogen) atoms. The van der Waals surface area contributed by atoms with E-state index in [1.165, 1.54) is 12.1 Å². The number of nitrogens with one attached hydrogen (secondary N) is 1. The highest BCUT2D eigenvalue weighted by molar-refractivity contribution is 9.10. The number of halogens is 2. The smallest absolute Gasteiger partial charge is 0.340 e. The molecular weight excluding hydrogens is 448 g/mol. The van der Waals surface area contributed by atoms with Crippen LogP contribution in [0.5, 0.6) is 0 Å². The molecule has 0 fully saturated rings. The van der Waals surface area contributed by atoms with Crippen LogP contribution in [0.4, 0.5) is 11.4 Å². The van der Waals surface area contributed by atoms with E-state index >= 15 is 0 Å². The van der Waals surface area contributed by atoms with Crippen LogP contribution in [0.25, 0.3) is 0 Å². The Balaban J connectivity index is 1.91. The largest absolute Gasteiger partial charge is 0.462 e. The van der Waals surface area contributed by atoms with Crippen molar-refractivity contribution < 1.29 is 19.1 Å². The Labute approximate surface area is 175 Å². The van der Waals surface area contributed by atoms with Crippen LogP contribution in [0.1, 0.15) is 23.7 Å². The second-order valence-electron chi connectivity index (χ2n) is 5.92. The van der Waals surface area contributed by atoms with Crippen molar-refractivity contribution in [3.63, 3.8) is 0 Å². The number of imide groups is 1. The molecule has 1 aliphatic rings. The van der Waals surface area contributed by atoms with Crippen LogP contribution in [0, 0.1) is 0 Å². The van der Waals surface area contributed by atoms with Crippen molar-refractivity contribution in [2.24, 2.45) is 0 Å². The summed E-state index contributed by atoms with van der Waals surface area (Å²) in [5.74, 6) is -1.96. The van der Waals surface area contributed by atoms with Crippen molar-refractivity contribution in [2.45, 2.75) is 13.3 Å². The number of ether oxygens (including phenoxy) is 1. The summed E-state index contributed by atoms with van der Waals surface area (Å²) in [6.45, 7) is 2.11. The van der Waals surface area contributed by atoms with E-state index in [1.807, 2.05) is 6.92 Å². The maximum absolute atomic E-state index is 12.9. The fraction of sp³-hybridized carbons (Fsp3) is 0.150. The summed E-state index contributed by atoms with van der Waals surface area (Å²) in [6.07, 6.45) is 0.657. The second-order valence-corrected chi connectivity index (χ2v) is 7.21. The molecule has 2 amide bonds. The van der Waals surface area contributed by atoms with Gasteiger partial charge in [-0.2, -0.15) is 0 Å². The van der Waals surface area contributed by atoms with E-state index in [4.69, 9.17) is 16.3 Å². The number of rotatable bonds is 6. The zero-order valence-corrected chi connectivity index (χ0v) is 17.2. The molecule has 1 N–H and O–H groups in total. The van der Waals surface area contributed by atoms with Gasteiger partial charge in [-0.15, -0.1) is 0 Å². The second kappa shape index (κ2) is 8.58. The van der Waals surface area contributed by atoms with Crippen molar-refractivity contribution in [1.29, 1.82) is 0 Å². The minimum atomic E-state index is -0.706. The molecule has 3 rings (SSSR count). The zero-order chi connectivity index (χ0) is 20.3. The van der Waals surface area contributed by atoms with Gasteiger partial charge < -0.3 is 10.1 Å². The number of carbonyl (C=O) groups excluding carboxylic acids is 3. The third-order valence-corrected chi connectivity index (χ3v) is 4.82. The average molecular weight is 464 g/mol. The lowest BCUT2D eigenvalue weighted by Gasteiger charge is -2.18. The Bertz CT molecular complexity index is 972. The van der Waals surface area contributed by atoms with E-state index in [0.29, 0.717) is 12.1 Å². The number of nitrogens with zero attached hydrogens (tertiary/aromatic N) is 1. The van der Waals surface area contributed by atoms with E-state index in [0.717, 1.165) is 9.37 Å². The topological polar surface area (TPSA) is 75.7 Å². The van der Waals surface area contributed by atoms with Gasteiger partial charge >= 0.3 is 5.97 Å². The van der Waals surface area contributed by atoms with Gasteiger partial charge in [0.05, 0.1) is 17.9 Å². The summed E-state index contributed by atoms with van der Waals surface area (Å²) >= 11 is 9.48. The van der Waals surface area contributed by atoms with Crippen molar-refractivity contribution in [2.75, 3.05) is 16.8 Å². The highest BCUT2D eigenvalue weighted by Gasteiger charge is 2.40. The Morgan fingerprint density at radius 1 is 1.11 bits per heavy atom. The Morgan fingerprint density at radius 2 is 1.79 bits per heavy atom. The highest BCUT2D eigenvalue weighted by Crippen LogP contribution is 2.32. The lowest BCUT2D eigenvalue weighted by Crippen LogP contribution is -2.33. The van der Waals surface area contributed by atoms with E-state index in [9.17, 15) is 14.4 Å². The molecule has 2 aromatic rings. The van der Waals surface area contributed by atoms with Crippen LogP contribution in [-0.4, -0.2) is 24.4 Å². The molecule has 8 heteroatoms. The molecule has 0 aliphatic carbocycles. The highest BCUT2D eigenvalue weighted by atomic mass is 79.9. The average Bonchev–Trinajstić information content (AvgIpc) is 2.91. The third kappa shape index (κ3) is 3.95. The minimum Gasteiger partial charge on any atom is -0.462 e. The van der Waals surface area contributed by atoms with E-state index in [-0.39, 0.29) is 28.6 Å². The van der Waals surface area contributed by atoms with Crippen molar-refractivity contribution in [3.05, 3.63) is 69.3 Å². The molecule has 0 unspecified atom stereocenters. The Morgan fingerprint density at radius 3 is 2.46 bits per heavy atom. The number of hydrogen-bond donors (Lipinski definition) is 1. The molecule has 0 spiro atoms. The number of amides is 2. The standard InChI is InChI=1S/C20H16BrClN2O4/c1-2-11-28-20(27)14-5-3-4-6-15(14)24-18(25)16(22)17(19(24)26)23-13-9-7-12(21)8-10-13/h3-10,23H,2,11H2,1H3. The monoisotopic (exact) mass is 462 g/mol. The molecular formula is C20H16BrClN2O4. The minimum absolute atomic E-state index is 0.0503. The lowest BCUT2D eigenvalue weighted by molar-refractivity contribution is -0.120. The fourth-order valence-electron chi connectivity index (χ4n) is 2.62. The van der Waals surface area contributed by atoms with Gasteiger partial charge in [-0.05, 0) is 42.8 Å². The number of benzene rings is 2. The third-order valence-electron chi connectivity index (χ3n) is 3.94. The first kappa shape index (κ1) is 20.1. The van der Waals surface area contributed by atoms with Crippen LogP contribution in [0.2, 0.25) is 0 Å². The molecule has 0 aromatic heterocycles. The van der Waals surface area contributed by atoms with Crippen molar-refractivity contribution >= 4 is 56.7 Å². The quantitative estimate of drug-likeness (QED) is 0.506. The van der Waals surface area contributed by atoms with Gasteiger partial charge in [-0.25, -0.2) is 9.69 Å². The van der Waals surface area contributed by atoms with Crippen LogP contribution >= 0.6 is 27.5 Å². The molecule has 1 aliphatic heterocycles. The summed E-state index contributed by atoms with van der Waals surface area (Å²) < 4.78 is 6.02. The summed E-state index contributed by atoms with van der Waals surface area (Å²) in [7, 11) is 0. The summed E-state index contributed by atoms with van der Waals surface area (Å²) in [5, 5.41) is 2.63. The summed E-state index contributed by atoms with van der Waals surface area (Å²) in [6, 6.07) is 13.3. The molecule has 0 bridgehead atoms. The Hall–Kier alpha value is -2.64. The predicted molar refractivity (Wildman–Crippen MR) is 110 cm³/mol. The van der Waals surface area contributed by atoms with Gasteiger partial charge in [0.2, 0.25) is 0 Å². The van der Waals surface area contributed by atoms with Gasteiger partial charge in [0.25, 0.3) is 11.8 Å². The number of anilines is 2. The zero-order valence-electron chi connectivity index (χ0n) is 14.9. The number of carbonyl (C=O) groups is 3. The number of para-hydroxylation sites is 1. The summed E-state index contributed by atoms with van der Waals surface area (Å²) in [5.41, 5.74) is 0.789. The molecule has 0 atom stereocenters. The van der Waals surface area contributed by atoms with Crippen LogP contribution in [0.3, 0.4) is 0 Å². The van der Waals surface area contributed by atoms with Gasteiger partial charge in [0.1, 0.15) is 10.7 Å². The van der Waals surface area contributed by atoms with E-state index in [1.54, 1.807) is 36.4 Å². The van der Waals surface area contributed by atoms with E-state index in [2.05, 4.69) is 21.2 Å². The van der Waals surface area contributed by atoms with Gasteiger partial charge in [0.15, 0.2) is 0 Å². The van der Waals surface area contributed by atoms with Gasteiger partial charge in [-0.1, -0.05) is 46.6 Å². The fourth-order valence-corrected chi connectivity index (χ4v) is 3.10. The predicted octanol–water partition coefficient (Wildman–Crippen LogP) is 4.45. The first-order chi connectivity index (χ1) is 13.4. The molecule has 0 radical (unpaired) electrons. The normalized spacial score (nSPS) is 13.9. The van der Waals surface area contributed by atoms with Gasteiger partial charge in [-0.3, -0.25) is 9.59 Å². The molecule has 144 valence electrons. The van der Waals surface area contributed by atoms with E-state index < -0.39 is 17.8 Å². The molecule has 6 nitrogen and oxygen atoms in total. The molecule has 0 saturated heterocycles. The molecule has 2 aromatic carbocycles.